The second kappa shape index (κ2) is 6.83. The van der Waals surface area contributed by atoms with Crippen molar-refractivity contribution in [3.63, 3.8) is 0 Å². The minimum Gasteiger partial charge on any atom is -0.359 e. The first-order chi connectivity index (χ1) is 11.2. The van der Waals surface area contributed by atoms with Crippen LogP contribution in [0.2, 0.25) is 0 Å². The summed E-state index contributed by atoms with van der Waals surface area (Å²) >= 11 is 0. The van der Waals surface area contributed by atoms with Gasteiger partial charge in [-0.2, -0.15) is 0 Å². The molecule has 0 aliphatic carbocycles. The van der Waals surface area contributed by atoms with Crippen LogP contribution in [0.15, 0.2) is 54.6 Å². The van der Waals surface area contributed by atoms with E-state index in [2.05, 4.69) is 16.0 Å². The first kappa shape index (κ1) is 14.9. The first-order valence-corrected chi connectivity index (χ1v) is 7.46. The fourth-order valence-corrected chi connectivity index (χ4v) is 2.51. The fraction of sp³-hybridized carbons (Fsp3) is 0.176. The molecule has 0 bridgehead atoms. The quantitative estimate of drug-likeness (QED) is 0.814. The van der Waals surface area contributed by atoms with E-state index in [1.54, 1.807) is 0 Å². The number of hydrogen-bond acceptors (Lipinski definition) is 3. The van der Waals surface area contributed by atoms with Crippen molar-refractivity contribution in [1.82, 2.24) is 5.32 Å². The first-order valence-electron chi connectivity index (χ1n) is 7.46. The molecule has 1 heterocycles. The summed E-state index contributed by atoms with van der Waals surface area (Å²) in [6, 6.07) is 16.4. The van der Waals surface area contributed by atoms with Crippen LogP contribution < -0.4 is 20.9 Å². The Bertz CT molecular complexity index is 703. The van der Waals surface area contributed by atoms with Crippen LogP contribution in [0.5, 0.6) is 0 Å². The molecule has 2 aromatic rings. The average molecular weight is 310 g/mol. The van der Waals surface area contributed by atoms with Gasteiger partial charge in [0, 0.05) is 18.8 Å². The fourth-order valence-electron chi connectivity index (χ4n) is 2.51. The van der Waals surface area contributed by atoms with Crippen molar-refractivity contribution >= 4 is 29.0 Å². The van der Waals surface area contributed by atoms with E-state index in [4.69, 9.17) is 0 Å². The van der Waals surface area contributed by atoms with Gasteiger partial charge in [0.1, 0.15) is 0 Å². The summed E-state index contributed by atoms with van der Waals surface area (Å²) in [6.45, 7) is 1.60. The van der Waals surface area contributed by atoms with E-state index in [0.29, 0.717) is 25.3 Å². The van der Waals surface area contributed by atoms with E-state index < -0.39 is 0 Å². The number of nitrogens with zero attached hydrogens (tertiary/aromatic N) is 1. The van der Waals surface area contributed by atoms with E-state index in [0.717, 1.165) is 11.4 Å². The Morgan fingerprint density at radius 1 is 1.00 bits per heavy atom. The summed E-state index contributed by atoms with van der Waals surface area (Å²) in [4.78, 5) is 25.7. The number of piperazine rings is 1. The highest BCUT2D eigenvalue weighted by atomic mass is 16.2. The minimum absolute atomic E-state index is 0.0141. The Morgan fingerprint density at radius 2 is 1.74 bits per heavy atom. The predicted molar refractivity (Wildman–Crippen MR) is 90.7 cm³/mol. The van der Waals surface area contributed by atoms with Crippen LogP contribution in [0.3, 0.4) is 0 Å². The zero-order valence-electron chi connectivity index (χ0n) is 12.6. The van der Waals surface area contributed by atoms with Crippen LogP contribution in [0.4, 0.5) is 21.9 Å². The Morgan fingerprint density at radius 3 is 2.52 bits per heavy atom. The van der Waals surface area contributed by atoms with E-state index >= 15 is 0 Å². The maximum absolute atomic E-state index is 12.2. The van der Waals surface area contributed by atoms with Crippen molar-refractivity contribution in [2.45, 2.75) is 0 Å². The number of carbonyl (C=O) groups excluding carboxylic acids is 2. The predicted octanol–water partition coefficient (Wildman–Crippen LogP) is 2.27. The number of nitrogens with one attached hydrogen (secondary N) is 3. The lowest BCUT2D eigenvalue weighted by Gasteiger charge is -2.30. The van der Waals surface area contributed by atoms with Gasteiger partial charge in [0.15, 0.2) is 0 Å². The summed E-state index contributed by atoms with van der Waals surface area (Å²) in [5.41, 5.74) is 2.24. The summed E-state index contributed by atoms with van der Waals surface area (Å²) < 4.78 is 0. The van der Waals surface area contributed by atoms with Gasteiger partial charge in [0.25, 0.3) is 0 Å². The monoisotopic (exact) mass is 310 g/mol. The van der Waals surface area contributed by atoms with Gasteiger partial charge in [0.2, 0.25) is 5.91 Å². The normalized spacial score (nSPS) is 14.1. The van der Waals surface area contributed by atoms with Crippen molar-refractivity contribution in [2.24, 2.45) is 0 Å². The number of amides is 3. The van der Waals surface area contributed by atoms with Crippen molar-refractivity contribution in [3.8, 4) is 0 Å². The highest BCUT2D eigenvalue weighted by Gasteiger charge is 2.19. The van der Waals surface area contributed by atoms with Gasteiger partial charge < -0.3 is 20.9 Å². The molecule has 3 N–H and O–H groups in total. The lowest BCUT2D eigenvalue weighted by atomic mass is 10.2. The highest BCUT2D eigenvalue weighted by Crippen LogP contribution is 2.26. The molecule has 0 unspecified atom stereocenters. The lowest BCUT2D eigenvalue weighted by Crippen LogP contribution is -2.48. The van der Waals surface area contributed by atoms with Crippen LogP contribution in [-0.2, 0) is 4.79 Å². The van der Waals surface area contributed by atoms with Crippen LogP contribution in [-0.4, -0.2) is 31.6 Å². The molecule has 6 nitrogen and oxygen atoms in total. The van der Waals surface area contributed by atoms with Gasteiger partial charge >= 0.3 is 6.03 Å². The molecule has 1 fully saturated rings. The van der Waals surface area contributed by atoms with Gasteiger partial charge in [-0.1, -0.05) is 30.3 Å². The van der Waals surface area contributed by atoms with E-state index in [-0.39, 0.29) is 11.9 Å². The third-order valence-corrected chi connectivity index (χ3v) is 3.56. The molecule has 3 rings (SSSR count). The van der Waals surface area contributed by atoms with Gasteiger partial charge in [0.05, 0.1) is 17.9 Å². The molecule has 1 aliphatic heterocycles. The van der Waals surface area contributed by atoms with Crippen LogP contribution in [0.25, 0.3) is 0 Å². The smallest absolute Gasteiger partial charge is 0.323 e. The van der Waals surface area contributed by atoms with Crippen molar-refractivity contribution < 1.29 is 9.59 Å². The second-order valence-corrected chi connectivity index (χ2v) is 5.23. The number of anilines is 3. The van der Waals surface area contributed by atoms with Crippen molar-refractivity contribution in [3.05, 3.63) is 54.6 Å². The number of benzene rings is 2. The third kappa shape index (κ3) is 3.79. The number of rotatable bonds is 3. The minimum atomic E-state index is -0.315. The maximum Gasteiger partial charge on any atom is 0.323 e. The van der Waals surface area contributed by atoms with E-state index in [1.807, 2.05) is 59.5 Å². The zero-order valence-corrected chi connectivity index (χ0v) is 12.6. The van der Waals surface area contributed by atoms with Gasteiger partial charge in [-0.25, -0.2) is 4.79 Å². The summed E-state index contributed by atoms with van der Waals surface area (Å²) in [6.07, 6.45) is 0. The van der Waals surface area contributed by atoms with Crippen LogP contribution in [0, 0.1) is 0 Å². The summed E-state index contributed by atoms with van der Waals surface area (Å²) in [5.74, 6) is -0.0141. The second-order valence-electron chi connectivity index (χ2n) is 5.23. The van der Waals surface area contributed by atoms with E-state index in [1.165, 1.54) is 0 Å². The summed E-state index contributed by atoms with van der Waals surface area (Å²) in [5, 5.41) is 8.42. The molecule has 2 aromatic carbocycles. The molecule has 3 amide bonds. The zero-order chi connectivity index (χ0) is 16.1. The van der Waals surface area contributed by atoms with Gasteiger partial charge in [-0.05, 0) is 24.3 Å². The Hall–Kier alpha value is -3.02. The topological polar surface area (TPSA) is 73.5 Å². The molecule has 6 heteroatoms. The molecule has 0 aromatic heterocycles. The van der Waals surface area contributed by atoms with Gasteiger partial charge in [-0.3, -0.25) is 4.79 Å². The lowest BCUT2D eigenvalue weighted by molar-refractivity contribution is -0.120. The number of urea groups is 1. The van der Waals surface area contributed by atoms with Crippen molar-refractivity contribution in [2.75, 3.05) is 35.2 Å². The van der Waals surface area contributed by atoms with Crippen LogP contribution in [0.1, 0.15) is 0 Å². The molecule has 0 atom stereocenters. The van der Waals surface area contributed by atoms with E-state index in [9.17, 15) is 9.59 Å². The Labute approximate surface area is 134 Å². The molecule has 1 saturated heterocycles. The standard InChI is InChI=1S/C17H18N4O2/c22-16-12-21(11-10-18-16)15-9-5-4-8-14(15)20-17(23)19-13-6-2-1-3-7-13/h1-9H,10-12H2,(H,18,22)(H2,19,20,23). The SMILES string of the molecule is O=C1CN(c2ccccc2NC(=O)Nc2ccccc2)CCN1. The molecule has 23 heavy (non-hydrogen) atoms. The number of carbonyl (C=O) groups is 2. The van der Waals surface area contributed by atoms with Crippen LogP contribution >= 0.6 is 0 Å². The molecule has 1 aliphatic rings. The molecule has 118 valence electrons. The number of para-hydroxylation sites is 3. The molecular formula is C17H18N4O2. The molecular weight excluding hydrogens is 292 g/mol. The summed E-state index contributed by atoms with van der Waals surface area (Å²) in [7, 11) is 0. The van der Waals surface area contributed by atoms with Crippen molar-refractivity contribution in [1.29, 1.82) is 0 Å². The average Bonchev–Trinajstić information content (AvgIpc) is 2.56. The third-order valence-electron chi connectivity index (χ3n) is 3.56. The molecule has 0 radical (unpaired) electrons. The number of hydrogen-bond donors (Lipinski definition) is 3. The maximum atomic E-state index is 12.2. The molecule has 0 spiro atoms. The largest absolute Gasteiger partial charge is 0.359 e. The van der Waals surface area contributed by atoms with Gasteiger partial charge in [-0.15, -0.1) is 0 Å². The highest BCUT2D eigenvalue weighted by molar-refractivity contribution is 6.02. The Kier molecular flexibility index (Phi) is 4.42. The molecule has 0 saturated carbocycles. The Balaban J connectivity index is 1.72.